The molecule has 0 aliphatic carbocycles. The van der Waals surface area contributed by atoms with E-state index in [4.69, 9.17) is 14.2 Å². The average Bonchev–Trinajstić information content (AvgIpc) is 3.12. The van der Waals surface area contributed by atoms with Gasteiger partial charge in [-0.05, 0) is 44.9 Å². The maximum atomic E-state index is 12.6. The van der Waals surface area contributed by atoms with Gasteiger partial charge >= 0.3 is 17.9 Å². The Morgan fingerprint density at radius 1 is 0.412 bits per heavy atom. The van der Waals surface area contributed by atoms with E-state index < -0.39 is 6.10 Å². The number of hydrogen-bond donors (Lipinski definition) is 0. The Morgan fingerprint density at radius 2 is 0.765 bits per heavy atom. The molecule has 1 atom stereocenters. The summed E-state index contributed by atoms with van der Waals surface area (Å²) in [6.45, 7) is 6.46. The van der Waals surface area contributed by atoms with Crippen molar-refractivity contribution in [1.29, 1.82) is 0 Å². The molecule has 0 aromatic heterocycles. The lowest BCUT2D eigenvalue weighted by Gasteiger charge is -2.18. The Labute approximate surface area is 315 Å². The number of carbonyl (C=O) groups excluding carboxylic acids is 3. The average molecular weight is 719 g/mol. The highest BCUT2D eigenvalue weighted by Gasteiger charge is 2.19. The van der Waals surface area contributed by atoms with E-state index in [-0.39, 0.29) is 31.1 Å². The molecule has 0 bridgehead atoms. The largest absolute Gasteiger partial charge is 0.462 e. The first-order valence-electron chi connectivity index (χ1n) is 21.8. The lowest BCUT2D eigenvalue weighted by Crippen LogP contribution is -2.30. The molecule has 6 heteroatoms. The fraction of sp³-hybridized carbons (Fsp3) is 0.844. The summed E-state index contributed by atoms with van der Waals surface area (Å²) in [6, 6.07) is 0. The predicted molar refractivity (Wildman–Crippen MR) is 215 cm³/mol. The van der Waals surface area contributed by atoms with Crippen LogP contribution in [-0.4, -0.2) is 37.2 Å². The quantitative estimate of drug-likeness (QED) is 0.0272. The van der Waals surface area contributed by atoms with Crippen molar-refractivity contribution in [3.63, 3.8) is 0 Å². The van der Waals surface area contributed by atoms with Crippen molar-refractivity contribution >= 4 is 17.9 Å². The molecule has 0 radical (unpaired) electrons. The summed E-state index contributed by atoms with van der Waals surface area (Å²) in [5.74, 6) is -0.917. The molecule has 0 aliphatic rings. The van der Waals surface area contributed by atoms with Gasteiger partial charge in [-0.3, -0.25) is 14.4 Å². The molecular weight excluding hydrogens is 636 g/mol. The van der Waals surface area contributed by atoms with E-state index in [9.17, 15) is 14.4 Å². The molecule has 0 saturated heterocycles. The van der Waals surface area contributed by atoms with Gasteiger partial charge in [0, 0.05) is 19.3 Å². The van der Waals surface area contributed by atoms with Gasteiger partial charge in [-0.25, -0.2) is 0 Å². The van der Waals surface area contributed by atoms with E-state index in [0.29, 0.717) is 19.3 Å². The molecule has 298 valence electrons. The number of carbonyl (C=O) groups is 3. The summed E-state index contributed by atoms with van der Waals surface area (Å²) in [4.78, 5) is 37.5. The van der Waals surface area contributed by atoms with E-state index in [1.54, 1.807) is 0 Å². The van der Waals surface area contributed by atoms with Crippen molar-refractivity contribution < 1.29 is 28.6 Å². The summed E-state index contributed by atoms with van der Waals surface area (Å²) in [6.07, 6.45) is 43.2. The maximum Gasteiger partial charge on any atom is 0.306 e. The molecule has 0 amide bonds. The van der Waals surface area contributed by atoms with Crippen LogP contribution in [0, 0.1) is 0 Å². The summed E-state index contributed by atoms with van der Waals surface area (Å²) in [7, 11) is 0. The minimum absolute atomic E-state index is 0.0807. The summed E-state index contributed by atoms with van der Waals surface area (Å²) >= 11 is 0. The van der Waals surface area contributed by atoms with Crippen LogP contribution < -0.4 is 0 Å². The minimum Gasteiger partial charge on any atom is -0.462 e. The molecule has 0 fully saturated rings. The Kier molecular flexibility index (Phi) is 39.0. The van der Waals surface area contributed by atoms with Crippen LogP contribution in [-0.2, 0) is 28.6 Å². The normalized spacial score (nSPS) is 12.1. The minimum atomic E-state index is -0.778. The molecule has 0 heterocycles. The van der Waals surface area contributed by atoms with Gasteiger partial charge in [0.2, 0.25) is 0 Å². The summed E-state index contributed by atoms with van der Waals surface area (Å²) < 4.78 is 16.6. The molecule has 51 heavy (non-hydrogen) atoms. The maximum absolute atomic E-state index is 12.6. The molecule has 6 nitrogen and oxygen atoms in total. The zero-order valence-electron chi connectivity index (χ0n) is 33.9. The van der Waals surface area contributed by atoms with E-state index in [0.717, 1.165) is 70.6 Å². The van der Waals surface area contributed by atoms with Crippen molar-refractivity contribution in [3.8, 4) is 0 Å². The number of unbranched alkanes of at least 4 members (excludes halogenated alkanes) is 24. The van der Waals surface area contributed by atoms with Crippen LogP contribution >= 0.6 is 0 Å². The van der Waals surface area contributed by atoms with Gasteiger partial charge in [0.05, 0.1) is 0 Å². The molecule has 0 aliphatic heterocycles. The first kappa shape index (κ1) is 48.9. The van der Waals surface area contributed by atoms with E-state index in [1.165, 1.54) is 116 Å². The van der Waals surface area contributed by atoms with Crippen LogP contribution in [0.4, 0.5) is 0 Å². The van der Waals surface area contributed by atoms with Crippen LogP contribution in [0.5, 0.6) is 0 Å². The van der Waals surface area contributed by atoms with Crippen LogP contribution in [0.2, 0.25) is 0 Å². The third kappa shape index (κ3) is 38.9. The van der Waals surface area contributed by atoms with E-state index >= 15 is 0 Å². The van der Waals surface area contributed by atoms with Gasteiger partial charge in [-0.15, -0.1) is 0 Å². The molecule has 1 unspecified atom stereocenters. The Hall–Kier alpha value is -2.11. The van der Waals surface area contributed by atoms with Crippen LogP contribution in [0.3, 0.4) is 0 Å². The smallest absolute Gasteiger partial charge is 0.306 e. The second kappa shape index (κ2) is 40.7. The van der Waals surface area contributed by atoms with E-state index in [2.05, 4.69) is 45.1 Å². The molecular formula is C45H82O6. The number of ether oxygens (including phenoxy) is 3. The van der Waals surface area contributed by atoms with Gasteiger partial charge in [0.25, 0.3) is 0 Å². The van der Waals surface area contributed by atoms with Crippen LogP contribution in [0.25, 0.3) is 0 Å². The Morgan fingerprint density at radius 3 is 1.18 bits per heavy atom. The third-order valence-corrected chi connectivity index (χ3v) is 9.47. The van der Waals surface area contributed by atoms with Crippen molar-refractivity contribution in [3.05, 3.63) is 24.3 Å². The first-order chi connectivity index (χ1) is 25.0. The molecule has 0 spiro atoms. The zero-order valence-corrected chi connectivity index (χ0v) is 33.9. The zero-order chi connectivity index (χ0) is 37.3. The lowest BCUT2D eigenvalue weighted by atomic mass is 10.0. The number of rotatable bonds is 39. The Balaban J connectivity index is 4.30. The molecule has 0 rings (SSSR count). The number of esters is 3. The lowest BCUT2D eigenvalue weighted by molar-refractivity contribution is -0.167. The summed E-state index contributed by atoms with van der Waals surface area (Å²) in [5.41, 5.74) is 0. The van der Waals surface area contributed by atoms with Crippen molar-refractivity contribution in [2.45, 2.75) is 232 Å². The van der Waals surface area contributed by atoms with Gasteiger partial charge in [0.15, 0.2) is 6.10 Å². The van der Waals surface area contributed by atoms with Gasteiger partial charge in [0.1, 0.15) is 13.2 Å². The monoisotopic (exact) mass is 719 g/mol. The van der Waals surface area contributed by atoms with Crippen molar-refractivity contribution in [1.82, 2.24) is 0 Å². The van der Waals surface area contributed by atoms with Crippen LogP contribution in [0.15, 0.2) is 24.3 Å². The number of hydrogen-bond acceptors (Lipinski definition) is 6. The SMILES string of the molecule is CC/C=C\C/C=C\CCCCC(=O)OC(COC(=O)CCCCCCCCCCC)COC(=O)CCCCCCCCCCCCCCCCC. The fourth-order valence-electron chi connectivity index (χ4n) is 6.18. The fourth-order valence-corrected chi connectivity index (χ4v) is 6.18. The molecule has 0 aromatic carbocycles. The topological polar surface area (TPSA) is 78.9 Å². The van der Waals surface area contributed by atoms with Crippen LogP contribution in [0.1, 0.15) is 226 Å². The van der Waals surface area contributed by atoms with Gasteiger partial charge < -0.3 is 14.2 Å². The standard InChI is InChI=1S/C45H82O6/c1-4-7-10-13-16-19-20-21-22-23-24-27-29-32-35-38-44(47)50-41-42(51-45(48)39-36-33-30-26-18-15-12-9-6-3)40-49-43(46)37-34-31-28-25-17-14-11-8-5-2/h9,12,18,26,42H,4-8,10-11,13-17,19-25,27-41H2,1-3H3/b12-9-,26-18-. The molecule has 0 N–H and O–H groups in total. The van der Waals surface area contributed by atoms with Gasteiger partial charge in [-0.1, -0.05) is 186 Å². The second-order valence-corrected chi connectivity index (χ2v) is 14.6. The van der Waals surface area contributed by atoms with Crippen molar-refractivity contribution in [2.75, 3.05) is 13.2 Å². The molecule has 0 saturated carbocycles. The first-order valence-corrected chi connectivity index (χ1v) is 21.8. The second-order valence-electron chi connectivity index (χ2n) is 14.6. The highest BCUT2D eigenvalue weighted by atomic mass is 16.6. The predicted octanol–water partition coefficient (Wildman–Crippen LogP) is 13.6. The number of allylic oxidation sites excluding steroid dienone is 4. The third-order valence-electron chi connectivity index (χ3n) is 9.47. The summed E-state index contributed by atoms with van der Waals surface area (Å²) in [5, 5.41) is 0. The van der Waals surface area contributed by atoms with E-state index in [1.807, 2.05) is 0 Å². The van der Waals surface area contributed by atoms with Gasteiger partial charge in [-0.2, -0.15) is 0 Å². The molecule has 0 aromatic rings. The highest BCUT2D eigenvalue weighted by Crippen LogP contribution is 2.15. The van der Waals surface area contributed by atoms with Crippen molar-refractivity contribution in [2.24, 2.45) is 0 Å². The highest BCUT2D eigenvalue weighted by molar-refractivity contribution is 5.71. The Bertz CT molecular complexity index is 835.